The SMILES string of the molecule is CC1(C)c2cc(-c3ccc4c(c3)-c3cccc5c3C(CC=C5)O4)ccc2-c2c1c(-c1ccc3c(c1)oc1ccccc13)cc1ccccc21. The van der Waals surface area contributed by atoms with Gasteiger partial charge in [-0.1, -0.05) is 111 Å². The highest BCUT2D eigenvalue weighted by atomic mass is 16.5. The molecule has 0 saturated carbocycles. The first kappa shape index (κ1) is 27.1. The Labute approximate surface area is 284 Å². The second kappa shape index (κ2) is 9.61. The minimum atomic E-state index is -0.224. The van der Waals surface area contributed by atoms with E-state index in [2.05, 4.69) is 147 Å². The third-order valence-corrected chi connectivity index (χ3v) is 11.3. The highest BCUT2D eigenvalue weighted by Crippen LogP contribution is 2.56. The number of furan rings is 1. The van der Waals surface area contributed by atoms with Crippen LogP contribution in [0.15, 0.2) is 138 Å². The number of para-hydroxylation sites is 1. The molecular formula is C47H32O2. The molecule has 1 aliphatic heterocycles. The van der Waals surface area contributed by atoms with E-state index in [1.54, 1.807) is 0 Å². The summed E-state index contributed by atoms with van der Waals surface area (Å²) in [7, 11) is 0. The molecule has 3 aliphatic rings. The van der Waals surface area contributed by atoms with Crippen LogP contribution >= 0.6 is 0 Å². The van der Waals surface area contributed by atoms with E-state index in [9.17, 15) is 0 Å². The summed E-state index contributed by atoms with van der Waals surface area (Å²) in [6, 6.07) is 46.8. The molecule has 1 atom stereocenters. The van der Waals surface area contributed by atoms with Crippen molar-refractivity contribution >= 4 is 38.8 Å². The second-order valence-corrected chi connectivity index (χ2v) is 14.4. The van der Waals surface area contributed by atoms with Crippen LogP contribution in [0.1, 0.15) is 48.6 Å². The van der Waals surface area contributed by atoms with E-state index in [0.717, 1.165) is 34.1 Å². The fraction of sp³-hybridized carbons (Fsp3) is 0.106. The van der Waals surface area contributed by atoms with Gasteiger partial charge in [-0.3, -0.25) is 0 Å². The molecule has 0 saturated heterocycles. The predicted molar refractivity (Wildman–Crippen MR) is 202 cm³/mol. The van der Waals surface area contributed by atoms with E-state index in [1.165, 1.54) is 77.5 Å². The lowest BCUT2D eigenvalue weighted by Crippen LogP contribution is -2.17. The number of hydrogen-bond donors (Lipinski definition) is 0. The molecule has 49 heavy (non-hydrogen) atoms. The highest BCUT2D eigenvalue weighted by molar-refractivity contribution is 6.09. The lowest BCUT2D eigenvalue weighted by atomic mass is 9.77. The van der Waals surface area contributed by atoms with Gasteiger partial charge in [0.25, 0.3) is 0 Å². The third-order valence-electron chi connectivity index (χ3n) is 11.3. The van der Waals surface area contributed by atoms with E-state index in [4.69, 9.17) is 9.15 Å². The fourth-order valence-electron chi connectivity index (χ4n) is 9.03. The van der Waals surface area contributed by atoms with Crippen molar-refractivity contribution in [3.05, 3.63) is 156 Å². The molecule has 0 spiro atoms. The van der Waals surface area contributed by atoms with Gasteiger partial charge in [0.1, 0.15) is 23.0 Å². The zero-order valence-electron chi connectivity index (χ0n) is 27.4. The Morgan fingerprint density at radius 1 is 0.592 bits per heavy atom. The molecule has 8 aromatic rings. The first-order valence-corrected chi connectivity index (χ1v) is 17.3. The molecule has 11 rings (SSSR count). The first-order chi connectivity index (χ1) is 24.0. The zero-order valence-corrected chi connectivity index (χ0v) is 27.4. The molecule has 0 bridgehead atoms. The molecule has 2 heterocycles. The van der Waals surface area contributed by atoms with E-state index in [-0.39, 0.29) is 11.5 Å². The highest BCUT2D eigenvalue weighted by Gasteiger charge is 2.39. The molecule has 0 amide bonds. The van der Waals surface area contributed by atoms with E-state index < -0.39 is 0 Å². The van der Waals surface area contributed by atoms with Crippen molar-refractivity contribution in [3.63, 3.8) is 0 Å². The average molecular weight is 629 g/mol. The van der Waals surface area contributed by atoms with Crippen LogP contribution in [-0.2, 0) is 5.41 Å². The maximum absolute atomic E-state index is 6.56. The topological polar surface area (TPSA) is 22.4 Å². The van der Waals surface area contributed by atoms with E-state index in [1.807, 2.05) is 6.07 Å². The molecule has 1 unspecified atom stereocenters. The molecule has 2 aliphatic carbocycles. The Morgan fingerprint density at radius 2 is 1.39 bits per heavy atom. The molecular weight excluding hydrogens is 597 g/mol. The van der Waals surface area contributed by atoms with Crippen LogP contribution in [0.4, 0.5) is 0 Å². The summed E-state index contributed by atoms with van der Waals surface area (Å²) in [6.45, 7) is 4.79. The van der Waals surface area contributed by atoms with Gasteiger partial charge in [-0.05, 0) is 109 Å². The normalized spacial score (nSPS) is 16.3. The Balaban J connectivity index is 1.09. The summed E-state index contributed by atoms with van der Waals surface area (Å²) in [5, 5.41) is 4.87. The minimum Gasteiger partial charge on any atom is -0.485 e. The lowest BCUT2D eigenvalue weighted by Gasteiger charge is -2.32. The van der Waals surface area contributed by atoms with Crippen LogP contribution < -0.4 is 4.74 Å². The van der Waals surface area contributed by atoms with Gasteiger partial charge in [-0.2, -0.15) is 0 Å². The van der Waals surface area contributed by atoms with E-state index in [0.29, 0.717) is 0 Å². The van der Waals surface area contributed by atoms with Crippen molar-refractivity contribution in [2.75, 3.05) is 0 Å². The largest absolute Gasteiger partial charge is 0.485 e. The first-order valence-electron chi connectivity index (χ1n) is 17.3. The molecule has 0 radical (unpaired) electrons. The summed E-state index contributed by atoms with van der Waals surface area (Å²) >= 11 is 0. The van der Waals surface area contributed by atoms with Crippen molar-refractivity contribution in [1.82, 2.24) is 0 Å². The number of fused-ring (bicyclic) bond motifs is 10. The average Bonchev–Trinajstić information content (AvgIpc) is 3.63. The second-order valence-electron chi connectivity index (χ2n) is 14.4. The van der Waals surface area contributed by atoms with Gasteiger partial charge < -0.3 is 9.15 Å². The van der Waals surface area contributed by atoms with Gasteiger partial charge in [0.15, 0.2) is 0 Å². The predicted octanol–water partition coefficient (Wildman–Crippen LogP) is 12.9. The van der Waals surface area contributed by atoms with Gasteiger partial charge in [0, 0.05) is 33.7 Å². The Hall–Kier alpha value is -5.86. The van der Waals surface area contributed by atoms with Gasteiger partial charge in [-0.15, -0.1) is 0 Å². The monoisotopic (exact) mass is 628 g/mol. The lowest BCUT2D eigenvalue weighted by molar-refractivity contribution is 0.204. The number of benzene rings is 7. The van der Waals surface area contributed by atoms with Gasteiger partial charge in [0.2, 0.25) is 0 Å². The molecule has 0 fully saturated rings. The quantitative estimate of drug-likeness (QED) is 0.190. The van der Waals surface area contributed by atoms with Crippen molar-refractivity contribution in [1.29, 1.82) is 0 Å². The standard InChI is InChI=1S/C47H32O2/c1-47(2)39-25-29(28-19-22-41-38(23-28)35-14-7-10-27-11-8-16-42(48-41)44(27)35)17-21-36(39)45-32-12-4-3-9-30(32)24-37(46(45)47)31-18-20-34-33-13-5-6-15-40(33)49-43(34)26-31/h3-15,17-26,42H,16H2,1-2H3. The van der Waals surface area contributed by atoms with Crippen molar-refractivity contribution in [2.24, 2.45) is 0 Å². The van der Waals surface area contributed by atoms with Gasteiger partial charge >= 0.3 is 0 Å². The summed E-state index contributed by atoms with van der Waals surface area (Å²) in [4.78, 5) is 0. The molecule has 2 heteroatoms. The number of rotatable bonds is 2. The number of hydrogen-bond acceptors (Lipinski definition) is 2. The third kappa shape index (κ3) is 3.72. The van der Waals surface area contributed by atoms with Crippen LogP contribution in [0, 0.1) is 0 Å². The van der Waals surface area contributed by atoms with Crippen LogP contribution in [0.3, 0.4) is 0 Å². The van der Waals surface area contributed by atoms with Crippen LogP contribution in [0.5, 0.6) is 5.75 Å². The Bertz CT molecular complexity index is 2760. The van der Waals surface area contributed by atoms with Gasteiger partial charge in [0.05, 0.1) is 0 Å². The maximum Gasteiger partial charge on any atom is 0.136 e. The molecule has 7 aromatic carbocycles. The maximum atomic E-state index is 6.56. The van der Waals surface area contributed by atoms with Crippen LogP contribution in [0.25, 0.3) is 83.3 Å². The Kier molecular flexibility index (Phi) is 5.32. The smallest absolute Gasteiger partial charge is 0.136 e. The van der Waals surface area contributed by atoms with Gasteiger partial charge in [-0.25, -0.2) is 0 Å². The van der Waals surface area contributed by atoms with Crippen LogP contribution in [0.2, 0.25) is 0 Å². The molecule has 232 valence electrons. The van der Waals surface area contributed by atoms with E-state index >= 15 is 0 Å². The van der Waals surface area contributed by atoms with Crippen molar-refractivity contribution < 1.29 is 9.15 Å². The zero-order chi connectivity index (χ0) is 32.4. The van der Waals surface area contributed by atoms with Crippen LogP contribution in [-0.4, -0.2) is 0 Å². The van der Waals surface area contributed by atoms with Crippen molar-refractivity contribution in [2.45, 2.75) is 31.8 Å². The number of ether oxygens (including phenoxy) is 1. The summed E-state index contributed by atoms with van der Waals surface area (Å²) < 4.78 is 12.9. The summed E-state index contributed by atoms with van der Waals surface area (Å²) in [5.41, 5.74) is 17.0. The summed E-state index contributed by atoms with van der Waals surface area (Å²) in [5.74, 6) is 0.972. The molecule has 0 N–H and O–H groups in total. The summed E-state index contributed by atoms with van der Waals surface area (Å²) in [6.07, 6.45) is 5.46. The van der Waals surface area contributed by atoms with Crippen molar-refractivity contribution in [3.8, 4) is 50.3 Å². The molecule has 2 nitrogen and oxygen atoms in total. The fourth-order valence-corrected chi connectivity index (χ4v) is 9.03. The minimum absolute atomic E-state index is 0.0884. The Morgan fingerprint density at radius 3 is 2.33 bits per heavy atom. The molecule has 1 aromatic heterocycles.